The lowest BCUT2D eigenvalue weighted by atomic mass is 10.2. The van der Waals surface area contributed by atoms with Crippen LogP contribution in [-0.4, -0.2) is 16.5 Å². The number of nitrogens with zero attached hydrogens (tertiary/aromatic N) is 1. The second kappa shape index (κ2) is 8.91. The van der Waals surface area contributed by atoms with Crippen molar-refractivity contribution >= 4 is 22.6 Å². The van der Waals surface area contributed by atoms with Crippen LogP contribution in [0.5, 0.6) is 5.75 Å². The third-order valence-electron chi connectivity index (χ3n) is 4.54. The van der Waals surface area contributed by atoms with Gasteiger partial charge in [-0.2, -0.15) is 0 Å². The first-order chi connectivity index (χ1) is 13.8. The van der Waals surface area contributed by atoms with Gasteiger partial charge >= 0.3 is 0 Å². The summed E-state index contributed by atoms with van der Waals surface area (Å²) in [5.74, 6) is 1.70. The second-order valence-electron chi connectivity index (χ2n) is 6.67. The van der Waals surface area contributed by atoms with Crippen LogP contribution >= 0.6 is 11.6 Å². The fraction of sp³-hybridized carbons (Fsp3) is 0.174. The molecule has 0 saturated heterocycles. The normalized spacial score (nSPS) is 11.0. The van der Waals surface area contributed by atoms with E-state index in [0.717, 1.165) is 47.5 Å². The maximum atomic E-state index is 6.38. The Bertz CT molecular complexity index is 1010. The van der Waals surface area contributed by atoms with Crippen molar-refractivity contribution in [3.05, 3.63) is 94.8 Å². The Morgan fingerprint density at radius 1 is 0.929 bits per heavy atom. The van der Waals surface area contributed by atoms with E-state index >= 15 is 0 Å². The van der Waals surface area contributed by atoms with Gasteiger partial charge in [0.2, 0.25) is 0 Å². The van der Waals surface area contributed by atoms with Gasteiger partial charge in [-0.1, -0.05) is 60.1 Å². The average molecular weight is 392 g/mol. The Morgan fingerprint density at radius 2 is 1.75 bits per heavy atom. The lowest BCUT2D eigenvalue weighted by molar-refractivity contribution is 0.306. The molecule has 1 aromatic heterocycles. The van der Waals surface area contributed by atoms with E-state index in [9.17, 15) is 0 Å². The summed E-state index contributed by atoms with van der Waals surface area (Å²) in [6.45, 7) is 2.10. The summed E-state index contributed by atoms with van der Waals surface area (Å²) in [7, 11) is 0. The number of benzene rings is 3. The third-order valence-corrected chi connectivity index (χ3v) is 4.83. The maximum absolute atomic E-state index is 6.38. The van der Waals surface area contributed by atoms with Crippen LogP contribution in [-0.2, 0) is 19.6 Å². The van der Waals surface area contributed by atoms with E-state index in [0.29, 0.717) is 17.4 Å². The summed E-state index contributed by atoms with van der Waals surface area (Å²) >= 11 is 6.38. The highest BCUT2D eigenvalue weighted by atomic mass is 35.5. The van der Waals surface area contributed by atoms with Crippen LogP contribution in [0.25, 0.3) is 11.0 Å². The van der Waals surface area contributed by atoms with Gasteiger partial charge in [-0.25, -0.2) is 4.98 Å². The van der Waals surface area contributed by atoms with Crippen LogP contribution in [0, 0.1) is 0 Å². The van der Waals surface area contributed by atoms with E-state index in [4.69, 9.17) is 16.3 Å². The Hall–Kier alpha value is -2.82. The molecule has 0 saturated carbocycles. The number of hydrogen-bond acceptors (Lipinski definition) is 3. The van der Waals surface area contributed by atoms with Crippen molar-refractivity contribution in [3.8, 4) is 5.75 Å². The Labute approximate surface area is 169 Å². The van der Waals surface area contributed by atoms with Gasteiger partial charge in [0, 0.05) is 19.5 Å². The topological polar surface area (TPSA) is 49.9 Å². The smallest absolute Gasteiger partial charge is 0.138 e. The molecule has 0 spiro atoms. The molecule has 0 fully saturated rings. The standard InChI is InChI=1S/C23H22ClN3O/c24-19-14-18(10-11-22(19)28-16-17-6-2-1-3-7-17)15-25-13-12-23-26-20-8-4-5-9-21(20)27-23/h1-11,14,25H,12-13,15-16H2,(H,26,27). The molecule has 0 bridgehead atoms. The molecule has 142 valence electrons. The van der Waals surface area contributed by atoms with Gasteiger partial charge in [0.15, 0.2) is 0 Å². The van der Waals surface area contributed by atoms with Gasteiger partial charge in [-0.15, -0.1) is 0 Å². The Kier molecular flexibility index (Phi) is 5.90. The molecule has 3 aromatic carbocycles. The number of ether oxygens (including phenoxy) is 1. The first kappa shape index (κ1) is 18.5. The number of nitrogens with one attached hydrogen (secondary N) is 2. The Balaban J connectivity index is 1.26. The molecule has 4 nitrogen and oxygen atoms in total. The summed E-state index contributed by atoms with van der Waals surface area (Å²) in [6, 6.07) is 24.1. The lowest BCUT2D eigenvalue weighted by Crippen LogP contribution is -2.17. The third kappa shape index (κ3) is 4.71. The second-order valence-corrected chi connectivity index (χ2v) is 7.07. The number of hydrogen-bond donors (Lipinski definition) is 2. The number of para-hydroxylation sites is 2. The van der Waals surface area contributed by atoms with Crippen molar-refractivity contribution in [1.82, 2.24) is 15.3 Å². The number of halogens is 1. The number of H-pyrrole nitrogens is 1. The highest BCUT2D eigenvalue weighted by Crippen LogP contribution is 2.26. The highest BCUT2D eigenvalue weighted by Gasteiger charge is 2.05. The van der Waals surface area contributed by atoms with Gasteiger partial charge in [0.05, 0.1) is 16.1 Å². The zero-order valence-electron chi connectivity index (χ0n) is 15.5. The first-order valence-corrected chi connectivity index (χ1v) is 9.75. The van der Waals surface area contributed by atoms with Crippen molar-refractivity contribution in [2.45, 2.75) is 19.6 Å². The quantitative estimate of drug-likeness (QED) is 0.409. The molecule has 0 radical (unpaired) electrons. The molecule has 0 unspecified atom stereocenters. The molecule has 4 rings (SSSR count). The molecule has 28 heavy (non-hydrogen) atoms. The van der Waals surface area contributed by atoms with E-state index in [2.05, 4.69) is 15.3 Å². The molecular weight excluding hydrogens is 370 g/mol. The molecule has 5 heteroatoms. The predicted octanol–water partition coefficient (Wildman–Crippen LogP) is 5.13. The molecule has 4 aromatic rings. The van der Waals surface area contributed by atoms with Crippen LogP contribution in [0.2, 0.25) is 5.02 Å². The van der Waals surface area contributed by atoms with Crippen LogP contribution in [0.4, 0.5) is 0 Å². The molecule has 0 aliphatic carbocycles. The zero-order valence-corrected chi connectivity index (χ0v) is 16.2. The number of rotatable bonds is 8. The van der Waals surface area contributed by atoms with Gasteiger partial charge in [0.1, 0.15) is 18.2 Å². The van der Waals surface area contributed by atoms with Crippen molar-refractivity contribution < 1.29 is 4.74 Å². The van der Waals surface area contributed by atoms with E-state index in [1.807, 2.05) is 72.8 Å². The first-order valence-electron chi connectivity index (χ1n) is 9.37. The maximum Gasteiger partial charge on any atom is 0.138 e. The fourth-order valence-corrected chi connectivity index (χ4v) is 3.33. The van der Waals surface area contributed by atoms with Gasteiger partial charge < -0.3 is 15.0 Å². The van der Waals surface area contributed by atoms with Crippen LogP contribution in [0.15, 0.2) is 72.8 Å². The molecule has 0 atom stereocenters. The summed E-state index contributed by atoms with van der Waals surface area (Å²) < 4.78 is 5.83. The molecule has 2 N–H and O–H groups in total. The lowest BCUT2D eigenvalue weighted by Gasteiger charge is -2.10. The van der Waals surface area contributed by atoms with Crippen LogP contribution in [0.3, 0.4) is 0 Å². The summed E-state index contributed by atoms with van der Waals surface area (Å²) in [5, 5.41) is 4.07. The fourth-order valence-electron chi connectivity index (χ4n) is 3.07. The summed E-state index contributed by atoms with van der Waals surface area (Å²) in [4.78, 5) is 7.94. The zero-order chi connectivity index (χ0) is 19.2. The van der Waals surface area contributed by atoms with Crippen molar-refractivity contribution in [1.29, 1.82) is 0 Å². The molecule has 0 amide bonds. The molecule has 1 heterocycles. The van der Waals surface area contributed by atoms with E-state index in [-0.39, 0.29) is 0 Å². The summed E-state index contributed by atoms with van der Waals surface area (Å²) in [5.41, 5.74) is 4.34. The monoisotopic (exact) mass is 391 g/mol. The number of imidazole rings is 1. The van der Waals surface area contributed by atoms with E-state index in [1.165, 1.54) is 0 Å². The molecular formula is C23H22ClN3O. The van der Waals surface area contributed by atoms with Crippen molar-refractivity contribution in [2.75, 3.05) is 6.54 Å². The molecule has 0 aliphatic heterocycles. The van der Waals surface area contributed by atoms with Gasteiger partial charge in [-0.05, 0) is 35.4 Å². The highest BCUT2D eigenvalue weighted by molar-refractivity contribution is 6.32. The average Bonchev–Trinajstić information content (AvgIpc) is 3.14. The SMILES string of the molecule is Clc1cc(CNCCc2nc3ccccc3[nH]2)ccc1OCc1ccccc1. The van der Waals surface area contributed by atoms with E-state index in [1.54, 1.807) is 0 Å². The minimum Gasteiger partial charge on any atom is -0.487 e. The minimum atomic E-state index is 0.510. The van der Waals surface area contributed by atoms with Crippen molar-refractivity contribution in [3.63, 3.8) is 0 Å². The van der Waals surface area contributed by atoms with Crippen LogP contribution in [0.1, 0.15) is 17.0 Å². The minimum absolute atomic E-state index is 0.510. The number of aromatic amines is 1. The van der Waals surface area contributed by atoms with Gasteiger partial charge in [0.25, 0.3) is 0 Å². The van der Waals surface area contributed by atoms with Crippen molar-refractivity contribution in [2.24, 2.45) is 0 Å². The Morgan fingerprint density at radius 3 is 2.57 bits per heavy atom. The van der Waals surface area contributed by atoms with E-state index < -0.39 is 0 Å². The number of fused-ring (bicyclic) bond motifs is 1. The summed E-state index contributed by atoms with van der Waals surface area (Å²) in [6.07, 6.45) is 0.848. The number of aromatic nitrogens is 2. The molecule has 0 aliphatic rings. The predicted molar refractivity (Wildman–Crippen MR) is 114 cm³/mol. The van der Waals surface area contributed by atoms with Crippen LogP contribution < -0.4 is 10.1 Å². The largest absolute Gasteiger partial charge is 0.487 e. The van der Waals surface area contributed by atoms with Gasteiger partial charge in [-0.3, -0.25) is 0 Å².